The summed E-state index contributed by atoms with van der Waals surface area (Å²) in [5.41, 5.74) is 3.95. The molecule has 0 saturated carbocycles. The zero-order chi connectivity index (χ0) is 20.6. The number of amides is 1. The smallest absolute Gasteiger partial charge is 0.338 e. The van der Waals surface area contributed by atoms with Gasteiger partial charge in [0.15, 0.2) is 6.54 Å². The fourth-order valence-corrected chi connectivity index (χ4v) is 3.72. The van der Waals surface area contributed by atoms with E-state index in [-0.39, 0.29) is 11.9 Å². The Balaban J connectivity index is 1.43. The van der Waals surface area contributed by atoms with Gasteiger partial charge in [-0.3, -0.25) is 4.79 Å². The van der Waals surface area contributed by atoms with E-state index in [0.717, 1.165) is 32.7 Å². The molecule has 0 bridgehead atoms. The van der Waals surface area contributed by atoms with Crippen molar-refractivity contribution in [2.75, 3.05) is 44.6 Å². The number of benzene rings is 2. The monoisotopic (exact) mass is 397 g/mol. The highest BCUT2D eigenvalue weighted by atomic mass is 16.5. The third-order valence-corrected chi connectivity index (χ3v) is 5.46. The standard InChI is InChI=1S/C23H29N3O3/c1-3-29-23(28)19-8-10-21(11-9-19)24-22(27)17-26-14-12-25(13-15-26)16-20-7-5-4-6-18(20)2/h4-11H,3,12-17H2,1-2H3,(H,24,27)/p+2. The Hall–Kier alpha value is -2.70. The fraction of sp³-hybridized carbons (Fsp3) is 0.391. The van der Waals surface area contributed by atoms with Crippen LogP contribution >= 0.6 is 0 Å². The summed E-state index contributed by atoms with van der Waals surface area (Å²) in [6.07, 6.45) is 0. The van der Waals surface area contributed by atoms with Crippen molar-refractivity contribution >= 4 is 17.6 Å². The number of quaternary nitrogens is 2. The van der Waals surface area contributed by atoms with E-state index in [1.54, 1.807) is 36.1 Å². The number of aryl methyl sites for hydroxylation is 1. The van der Waals surface area contributed by atoms with Gasteiger partial charge in [0.25, 0.3) is 5.91 Å². The Bertz CT molecular complexity index is 828. The molecule has 0 unspecified atom stereocenters. The van der Waals surface area contributed by atoms with Gasteiger partial charge in [0.2, 0.25) is 0 Å². The van der Waals surface area contributed by atoms with Crippen LogP contribution < -0.4 is 15.1 Å². The second-order valence-corrected chi connectivity index (χ2v) is 7.63. The third kappa shape index (κ3) is 6.14. The number of piperazine rings is 1. The zero-order valence-corrected chi connectivity index (χ0v) is 17.3. The molecule has 0 radical (unpaired) electrons. The third-order valence-electron chi connectivity index (χ3n) is 5.46. The van der Waals surface area contributed by atoms with E-state index in [2.05, 4.69) is 36.5 Å². The van der Waals surface area contributed by atoms with Crippen molar-refractivity contribution < 1.29 is 24.1 Å². The van der Waals surface area contributed by atoms with Crippen LogP contribution in [-0.4, -0.2) is 51.2 Å². The molecule has 0 aromatic heterocycles. The maximum atomic E-state index is 12.4. The molecule has 0 spiro atoms. The number of anilines is 1. The van der Waals surface area contributed by atoms with E-state index in [1.807, 2.05) is 0 Å². The van der Waals surface area contributed by atoms with Gasteiger partial charge in [-0.25, -0.2) is 4.79 Å². The average molecular weight is 398 g/mol. The first-order valence-electron chi connectivity index (χ1n) is 10.3. The van der Waals surface area contributed by atoms with Crippen LogP contribution in [0.25, 0.3) is 0 Å². The normalized spacial score (nSPS) is 18.8. The summed E-state index contributed by atoms with van der Waals surface area (Å²) < 4.78 is 4.97. The van der Waals surface area contributed by atoms with E-state index in [4.69, 9.17) is 4.74 Å². The summed E-state index contributed by atoms with van der Waals surface area (Å²) in [5.74, 6) is -0.341. The number of ether oxygens (including phenoxy) is 1. The van der Waals surface area contributed by atoms with Gasteiger partial charge in [-0.1, -0.05) is 24.3 Å². The largest absolute Gasteiger partial charge is 0.462 e. The Morgan fingerprint density at radius 1 is 0.966 bits per heavy atom. The van der Waals surface area contributed by atoms with Crippen molar-refractivity contribution in [2.24, 2.45) is 0 Å². The van der Waals surface area contributed by atoms with E-state index in [9.17, 15) is 9.59 Å². The Morgan fingerprint density at radius 2 is 1.62 bits per heavy atom. The molecule has 1 fully saturated rings. The molecule has 6 heteroatoms. The molecule has 6 nitrogen and oxygen atoms in total. The van der Waals surface area contributed by atoms with E-state index in [1.165, 1.54) is 16.0 Å². The number of rotatable bonds is 7. The number of hydrogen-bond donors (Lipinski definition) is 3. The molecule has 3 N–H and O–H groups in total. The van der Waals surface area contributed by atoms with E-state index >= 15 is 0 Å². The van der Waals surface area contributed by atoms with Gasteiger partial charge in [0.05, 0.1) is 12.2 Å². The molecule has 3 rings (SSSR count). The minimum absolute atomic E-state index is 0.00578. The lowest BCUT2D eigenvalue weighted by Crippen LogP contribution is -3.28. The second-order valence-electron chi connectivity index (χ2n) is 7.63. The Morgan fingerprint density at radius 3 is 2.28 bits per heavy atom. The van der Waals surface area contributed by atoms with Crippen LogP contribution in [0.1, 0.15) is 28.4 Å². The molecule has 1 amide bonds. The molecule has 154 valence electrons. The number of nitrogens with one attached hydrogen (secondary N) is 3. The molecule has 2 aromatic carbocycles. The van der Waals surface area contributed by atoms with Gasteiger partial charge in [-0.2, -0.15) is 0 Å². The van der Waals surface area contributed by atoms with Crippen molar-refractivity contribution in [3.05, 3.63) is 65.2 Å². The van der Waals surface area contributed by atoms with Crippen LogP contribution in [0.15, 0.2) is 48.5 Å². The van der Waals surface area contributed by atoms with Gasteiger partial charge in [-0.15, -0.1) is 0 Å². The van der Waals surface area contributed by atoms with Crippen molar-refractivity contribution in [1.29, 1.82) is 0 Å². The maximum Gasteiger partial charge on any atom is 0.338 e. The highest BCUT2D eigenvalue weighted by Crippen LogP contribution is 2.10. The molecule has 1 aliphatic heterocycles. The molecule has 1 heterocycles. The van der Waals surface area contributed by atoms with Crippen LogP contribution in [0.2, 0.25) is 0 Å². The van der Waals surface area contributed by atoms with Gasteiger partial charge in [0.1, 0.15) is 32.7 Å². The van der Waals surface area contributed by atoms with Gasteiger partial charge >= 0.3 is 5.97 Å². The molecule has 0 aliphatic carbocycles. The lowest BCUT2D eigenvalue weighted by Gasteiger charge is -2.29. The SMILES string of the molecule is CCOC(=O)c1ccc(NC(=O)C[NH+]2CC[NH+](Cc3ccccc3C)CC2)cc1. The molecule has 29 heavy (non-hydrogen) atoms. The molecule has 1 aliphatic rings. The summed E-state index contributed by atoms with van der Waals surface area (Å²) >= 11 is 0. The van der Waals surface area contributed by atoms with Crippen LogP contribution in [0.4, 0.5) is 5.69 Å². The van der Waals surface area contributed by atoms with Crippen LogP contribution in [0.3, 0.4) is 0 Å². The Kier molecular flexibility index (Phi) is 7.38. The quantitative estimate of drug-likeness (QED) is 0.581. The second kappa shape index (κ2) is 10.2. The zero-order valence-electron chi connectivity index (χ0n) is 17.3. The summed E-state index contributed by atoms with van der Waals surface area (Å²) in [7, 11) is 0. The predicted molar refractivity (Wildman–Crippen MR) is 112 cm³/mol. The lowest BCUT2D eigenvalue weighted by molar-refractivity contribution is -1.02. The number of carbonyl (C=O) groups excluding carboxylic acids is 2. The number of carbonyl (C=O) groups is 2. The van der Waals surface area contributed by atoms with Crippen molar-refractivity contribution in [1.82, 2.24) is 0 Å². The van der Waals surface area contributed by atoms with E-state index in [0.29, 0.717) is 24.4 Å². The first-order valence-corrected chi connectivity index (χ1v) is 10.3. The molecule has 0 atom stereocenters. The highest BCUT2D eigenvalue weighted by molar-refractivity contribution is 5.93. The Labute approximate surface area is 172 Å². The van der Waals surface area contributed by atoms with Gasteiger partial charge in [-0.05, 0) is 43.7 Å². The van der Waals surface area contributed by atoms with Crippen LogP contribution in [-0.2, 0) is 16.1 Å². The molecular weight excluding hydrogens is 366 g/mol. The first-order chi connectivity index (χ1) is 14.0. The van der Waals surface area contributed by atoms with Crippen LogP contribution in [0.5, 0.6) is 0 Å². The fourth-order valence-electron chi connectivity index (χ4n) is 3.72. The number of hydrogen-bond acceptors (Lipinski definition) is 3. The minimum Gasteiger partial charge on any atom is -0.462 e. The predicted octanol–water partition coefficient (Wildman–Crippen LogP) is 0.0938. The van der Waals surface area contributed by atoms with Gasteiger partial charge in [0, 0.05) is 11.3 Å². The average Bonchev–Trinajstić information content (AvgIpc) is 2.72. The van der Waals surface area contributed by atoms with Crippen molar-refractivity contribution in [2.45, 2.75) is 20.4 Å². The summed E-state index contributed by atoms with van der Waals surface area (Å²) in [5, 5.41) is 2.93. The molecular formula is C23H31N3O3+2. The van der Waals surface area contributed by atoms with Crippen molar-refractivity contribution in [3.63, 3.8) is 0 Å². The van der Waals surface area contributed by atoms with E-state index < -0.39 is 0 Å². The van der Waals surface area contributed by atoms with Crippen LogP contribution in [0, 0.1) is 6.92 Å². The summed E-state index contributed by atoms with van der Waals surface area (Å²) in [6.45, 7) is 9.96. The maximum absolute atomic E-state index is 12.4. The molecule has 1 saturated heterocycles. The molecule has 2 aromatic rings. The summed E-state index contributed by atoms with van der Waals surface area (Å²) in [4.78, 5) is 27.0. The highest BCUT2D eigenvalue weighted by Gasteiger charge is 2.25. The lowest BCUT2D eigenvalue weighted by atomic mass is 10.1. The first kappa shape index (κ1) is 21.0. The number of esters is 1. The topological polar surface area (TPSA) is 64.3 Å². The van der Waals surface area contributed by atoms with Gasteiger partial charge < -0.3 is 19.9 Å². The van der Waals surface area contributed by atoms with Crippen molar-refractivity contribution in [3.8, 4) is 0 Å². The summed E-state index contributed by atoms with van der Waals surface area (Å²) in [6, 6.07) is 15.4. The minimum atomic E-state index is -0.346.